The largest absolute Gasteiger partial charge is 0.454 e. The summed E-state index contributed by atoms with van der Waals surface area (Å²) in [7, 11) is 0. The third-order valence-electron chi connectivity index (χ3n) is 6.57. The highest BCUT2D eigenvalue weighted by Gasteiger charge is 2.19. The monoisotopic (exact) mass is 507 g/mol. The second kappa shape index (κ2) is 11.0. The molecule has 4 rings (SSSR count). The average Bonchev–Trinajstić information content (AvgIpc) is 3.48. The predicted molar refractivity (Wildman–Crippen MR) is 145 cm³/mol. The van der Waals surface area contributed by atoms with Crippen LogP contribution >= 0.6 is 11.3 Å². The van der Waals surface area contributed by atoms with Gasteiger partial charge >= 0.3 is 0 Å². The van der Waals surface area contributed by atoms with Crippen molar-refractivity contribution in [2.75, 3.05) is 6.79 Å². The molecule has 7 heteroatoms. The maximum atomic E-state index is 12.7. The number of nitrogens with one attached hydrogen (secondary N) is 1. The minimum Gasteiger partial charge on any atom is -0.454 e. The molecule has 0 saturated carbocycles. The Morgan fingerprint density at radius 1 is 1.00 bits per heavy atom. The Kier molecular flexibility index (Phi) is 8.00. The van der Waals surface area contributed by atoms with Crippen molar-refractivity contribution in [1.29, 1.82) is 0 Å². The quantitative estimate of drug-likeness (QED) is 0.377. The highest BCUT2D eigenvalue weighted by molar-refractivity contribution is 7.09. The first-order valence-corrected chi connectivity index (χ1v) is 13.4. The van der Waals surface area contributed by atoms with Crippen molar-refractivity contribution in [2.24, 2.45) is 5.92 Å². The number of carbonyl (C=O) groups excluding carboxylic acids is 1. The zero-order valence-electron chi connectivity index (χ0n) is 22.1. The lowest BCUT2D eigenvalue weighted by molar-refractivity contribution is 0.0925. The number of fused-ring (bicyclic) bond motifs is 1. The van der Waals surface area contributed by atoms with Gasteiger partial charge in [0.25, 0.3) is 5.91 Å². The number of benzene rings is 2. The number of hydrogen-bond donors (Lipinski definition) is 1. The lowest BCUT2D eigenvalue weighted by Crippen LogP contribution is -2.36. The number of aromatic nitrogens is 1. The molecule has 1 aliphatic rings. The molecule has 0 bridgehead atoms. The summed E-state index contributed by atoms with van der Waals surface area (Å²) in [5.74, 6) is 1.83. The van der Waals surface area contributed by atoms with E-state index < -0.39 is 0 Å². The summed E-state index contributed by atoms with van der Waals surface area (Å²) in [5, 5.41) is 5.83. The van der Waals surface area contributed by atoms with E-state index in [4.69, 9.17) is 9.47 Å². The van der Waals surface area contributed by atoms with Gasteiger partial charge in [-0.05, 0) is 47.1 Å². The Labute approximate surface area is 218 Å². The van der Waals surface area contributed by atoms with E-state index in [0.29, 0.717) is 18.2 Å². The molecule has 3 aromatic rings. The summed E-state index contributed by atoms with van der Waals surface area (Å²) in [6.45, 7) is 15.3. The Morgan fingerprint density at radius 3 is 2.36 bits per heavy atom. The lowest BCUT2D eigenvalue weighted by atomic mass is 9.87. The summed E-state index contributed by atoms with van der Waals surface area (Å²) in [6.07, 6.45) is 0. The maximum Gasteiger partial charge on any atom is 0.270 e. The molecule has 1 unspecified atom stereocenters. The Hall–Kier alpha value is -2.90. The molecule has 1 N–H and O–H groups in total. The second-order valence-corrected chi connectivity index (χ2v) is 11.9. The van der Waals surface area contributed by atoms with Crippen molar-refractivity contribution in [2.45, 2.75) is 72.6 Å². The van der Waals surface area contributed by atoms with Gasteiger partial charge in [-0.2, -0.15) is 0 Å². The van der Waals surface area contributed by atoms with E-state index in [9.17, 15) is 4.79 Å². The molecule has 2 heterocycles. The van der Waals surface area contributed by atoms with Crippen LogP contribution in [0.25, 0.3) is 0 Å². The van der Waals surface area contributed by atoms with Crippen LogP contribution in [0.5, 0.6) is 11.5 Å². The van der Waals surface area contributed by atoms with Crippen LogP contribution in [0.4, 0.5) is 0 Å². The number of rotatable bonds is 9. The van der Waals surface area contributed by atoms with Gasteiger partial charge in [0.05, 0.1) is 6.54 Å². The van der Waals surface area contributed by atoms with Gasteiger partial charge in [-0.1, -0.05) is 65.0 Å². The third-order valence-corrected chi connectivity index (χ3v) is 7.40. The summed E-state index contributed by atoms with van der Waals surface area (Å²) < 4.78 is 11.1. The van der Waals surface area contributed by atoms with Crippen molar-refractivity contribution in [3.8, 4) is 11.5 Å². The van der Waals surface area contributed by atoms with E-state index in [-0.39, 0.29) is 24.2 Å². The fourth-order valence-corrected chi connectivity index (χ4v) is 4.78. The maximum absolute atomic E-state index is 12.7. The van der Waals surface area contributed by atoms with E-state index in [1.807, 2.05) is 24.4 Å². The minimum absolute atomic E-state index is 0.0984. The number of carbonyl (C=O) groups is 1. The van der Waals surface area contributed by atoms with E-state index in [0.717, 1.165) is 35.2 Å². The molecule has 1 atom stereocenters. The Bertz CT molecular complexity index is 1180. The summed E-state index contributed by atoms with van der Waals surface area (Å²) >= 11 is 1.53. The van der Waals surface area contributed by atoms with Crippen LogP contribution in [0.2, 0.25) is 0 Å². The number of amides is 1. The fourth-order valence-electron chi connectivity index (χ4n) is 3.96. The van der Waals surface area contributed by atoms with E-state index >= 15 is 0 Å². The van der Waals surface area contributed by atoms with Crippen molar-refractivity contribution in [3.63, 3.8) is 0 Å². The standard InChI is InChI=1S/C29H37N3O3S/c1-19(2)20(3)30-28(33)24-17-36-27(31-24)16-32(14-21-7-10-23(11-8-21)29(4,5)6)15-22-9-12-25-26(13-22)35-18-34-25/h7-13,17,19-20H,14-16,18H2,1-6H3,(H,30,33). The highest BCUT2D eigenvalue weighted by Crippen LogP contribution is 2.33. The molecule has 0 saturated heterocycles. The smallest absolute Gasteiger partial charge is 0.270 e. The summed E-state index contributed by atoms with van der Waals surface area (Å²) in [6, 6.07) is 15.0. The number of ether oxygens (including phenoxy) is 2. The van der Waals surface area contributed by atoms with E-state index in [1.54, 1.807) is 0 Å². The number of thiazole rings is 1. The van der Waals surface area contributed by atoms with Crippen LogP contribution in [0, 0.1) is 5.92 Å². The second-order valence-electron chi connectivity index (χ2n) is 10.9. The van der Waals surface area contributed by atoms with Crippen molar-refractivity contribution >= 4 is 17.2 Å². The van der Waals surface area contributed by atoms with Crippen LogP contribution in [0.3, 0.4) is 0 Å². The van der Waals surface area contributed by atoms with E-state index in [2.05, 4.69) is 80.2 Å². The molecule has 0 spiro atoms. The van der Waals surface area contributed by atoms with Gasteiger partial charge in [-0.25, -0.2) is 4.98 Å². The summed E-state index contributed by atoms with van der Waals surface area (Å²) in [5.41, 5.74) is 4.31. The molecule has 0 fully saturated rings. The van der Waals surface area contributed by atoms with Gasteiger partial charge in [-0.3, -0.25) is 9.69 Å². The zero-order chi connectivity index (χ0) is 25.9. The van der Waals surface area contributed by atoms with Crippen LogP contribution < -0.4 is 14.8 Å². The first-order valence-electron chi connectivity index (χ1n) is 12.5. The van der Waals surface area contributed by atoms with Crippen LogP contribution in [0.1, 0.15) is 73.7 Å². The third kappa shape index (κ3) is 6.65. The van der Waals surface area contributed by atoms with Crippen molar-refractivity contribution < 1.29 is 14.3 Å². The van der Waals surface area contributed by atoms with Gasteiger partial charge < -0.3 is 14.8 Å². The molecule has 192 valence electrons. The average molecular weight is 508 g/mol. The van der Waals surface area contributed by atoms with Gasteiger partial charge in [0, 0.05) is 24.5 Å². The van der Waals surface area contributed by atoms with Gasteiger partial charge in [0.2, 0.25) is 6.79 Å². The molecule has 36 heavy (non-hydrogen) atoms. The molecule has 6 nitrogen and oxygen atoms in total. The van der Waals surface area contributed by atoms with Gasteiger partial charge in [-0.15, -0.1) is 11.3 Å². The molecule has 1 aliphatic heterocycles. The van der Waals surface area contributed by atoms with Crippen LogP contribution in [0.15, 0.2) is 47.8 Å². The van der Waals surface area contributed by atoms with Crippen molar-refractivity contribution in [3.05, 3.63) is 75.2 Å². The molecule has 1 amide bonds. The van der Waals surface area contributed by atoms with Gasteiger partial charge in [0.15, 0.2) is 11.5 Å². The molecule has 2 aromatic carbocycles. The molecule has 0 radical (unpaired) electrons. The zero-order valence-corrected chi connectivity index (χ0v) is 22.9. The normalized spacial score (nSPS) is 13.9. The lowest BCUT2D eigenvalue weighted by Gasteiger charge is -2.23. The highest BCUT2D eigenvalue weighted by atomic mass is 32.1. The Morgan fingerprint density at radius 2 is 1.67 bits per heavy atom. The predicted octanol–water partition coefficient (Wildman–Crippen LogP) is 6.15. The van der Waals surface area contributed by atoms with Gasteiger partial charge in [0.1, 0.15) is 10.7 Å². The SMILES string of the molecule is CC(C)C(C)NC(=O)c1csc(CN(Cc2ccc(C(C)(C)C)cc2)Cc2ccc3c(c2)OCO3)n1. The topological polar surface area (TPSA) is 63.7 Å². The number of hydrogen-bond acceptors (Lipinski definition) is 6. The molecule has 0 aliphatic carbocycles. The fraction of sp³-hybridized carbons (Fsp3) is 0.448. The number of nitrogens with zero attached hydrogens (tertiary/aromatic N) is 2. The molecular formula is C29H37N3O3S. The molecule has 1 aromatic heterocycles. The summed E-state index contributed by atoms with van der Waals surface area (Å²) in [4.78, 5) is 19.7. The van der Waals surface area contributed by atoms with Crippen LogP contribution in [-0.4, -0.2) is 28.6 Å². The van der Waals surface area contributed by atoms with E-state index in [1.165, 1.54) is 22.5 Å². The minimum atomic E-state index is -0.112. The van der Waals surface area contributed by atoms with Crippen LogP contribution in [-0.2, 0) is 25.0 Å². The Balaban J connectivity index is 1.51. The first-order chi connectivity index (χ1) is 17.1. The first kappa shape index (κ1) is 26.2. The van der Waals surface area contributed by atoms with Crippen molar-refractivity contribution in [1.82, 2.24) is 15.2 Å². The molecular weight excluding hydrogens is 470 g/mol.